The molecule has 2 aromatic heterocycles. The normalized spacial score (nSPS) is 13.9. The molecule has 0 aliphatic carbocycles. The second kappa shape index (κ2) is 10.4. The van der Waals surface area contributed by atoms with Crippen molar-refractivity contribution in [1.82, 2.24) is 19.7 Å². The highest BCUT2D eigenvalue weighted by atomic mass is 35.5. The standard InChI is InChI=1S/C23H24Cl2FN5O2/c1-16-22(25)23(19-4-2-3-8-27-19)28-31(16)15-21(32)30-11-9-29(10-12-30)17-5-6-18(24)20(14-17)33-13-7-26/h2-6,8,14H,7,9-13,15H2,1H3. The SMILES string of the molecule is Cc1c(Cl)c(-c2ccccn2)nn1CC(=O)N1CCN(c2ccc(Cl)c(OCCF)c2)CC1. The predicted molar refractivity (Wildman–Crippen MR) is 127 cm³/mol. The molecule has 1 aromatic carbocycles. The monoisotopic (exact) mass is 491 g/mol. The molecule has 174 valence electrons. The van der Waals surface area contributed by atoms with Crippen LogP contribution in [0.1, 0.15) is 5.69 Å². The van der Waals surface area contributed by atoms with E-state index in [4.69, 9.17) is 27.9 Å². The van der Waals surface area contributed by atoms with Gasteiger partial charge in [0.15, 0.2) is 0 Å². The number of benzene rings is 1. The predicted octanol–water partition coefficient (Wildman–Crippen LogP) is 4.26. The molecule has 3 aromatic rings. The fourth-order valence-corrected chi connectivity index (χ4v) is 4.14. The minimum atomic E-state index is -0.578. The third kappa shape index (κ3) is 5.23. The van der Waals surface area contributed by atoms with Crippen molar-refractivity contribution < 1.29 is 13.9 Å². The van der Waals surface area contributed by atoms with Crippen LogP contribution in [-0.2, 0) is 11.3 Å². The van der Waals surface area contributed by atoms with Crippen LogP contribution in [0.15, 0.2) is 42.6 Å². The molecule has 1 saturated heterocycles. The molecule has 0 bridgehead atoms. The number of rotatable bonds is 7. The Morgan fingerprint density at radius 2 is 1.94 bits per heavy atom. The first-order valence-electron chi connectivity index (χ1n) is 10.6. The summed E-state index contributed by atoms with van der Waals surface area (Å²) in [6.07, 6.45) is 1.68. The molecule has 0 atom stereocenters. The number of alkyl halides is 1. The van der Waals surface area contributed by atoms with Gasteiger partial charge in [0.05, 0.1) is 21.4 Å². The zero-order valence-electron chi connectivity index (χ0n) is 18.2. The fourth-order valence-electron chi connectivity index (χ4n) is 3.73. The lowest BCUT2D eigenvalue weighted by Crippen LogP contribution is -2.49. The van der Waals surface area contributed by atoms with E-state index >= 15 is 0 Å². The van der Waals surface area contributed by atoms with E-state index in [-0.39, 0.29) is 19.1 Å². The Hall–Kier alpha value is -2.84. The Balaban J connectivity index is 1.39. The number of carbonyl (C=O) groups is 1. The summed E-state index contributed by atoms with van der Waals surface area (Å²) in [5.41, 5.74) is 2.89. The number of nitrogens with zero attached hydrogens (tertiary/aromatic N) is 5. The van der Waals surface area contributed by atoms with E-state index in [0.717, 1.165) is 11.4 Å². The lowest BCUT2D eigenvalue weighted by atomic mass is 10.2. The highest BCUT2D eigenvalue weighted by Crippen LogP contribution is 2.31. The van der Waals surface area contributed by atoms with Gasteiger partial charge in [-0.25, -0.2) is 4.39 Å². The number of aromatic nitrogens is 3. The maximum absolute atomic E-state index is 13.0. The van der Waals surface area contributed by atoms with Crippen LogP contribution in [0.3, 0.4) is 0 Å². The first-order chi connectivity index (χ1) is 16.0. The Labute approximate surface area is 201 Å². The van der Waals surface area contributed by atoms with Gasteiger partial charge in [-0.3, -0.25) is 14.5 Å². The Bertz CT molecular complexity index is 1120. The Kier molecular flexibility index (Phi) is 7.35. The molecule has 0 N–H and O–H groups in total. The van der Waals surface area contributed by atoms with E-state index in [9.17, 15) is 9.18 Å². The molecule has 10 heteroatoms. The van der Waals surface area contributed by atoms with Crippen LogP contribution in [0.25, 0.3) is 11.4 Å². The summed E-state index contributed by atoms with van der Waals surface area (Å²) in [6.45, 7) is 3.81. The van der Waals surface area contributed by atoms with E-state index in [2.05, 4.69) is 15.0 Å². The summed E-state index contributed by atoms with van der Waals surface area (Å²) in [4.78, 5) is 21.2. The van der Waals surface area contributed by atoms with Gasteiger partial charge in [0.2, 0.25) is 5.91 Å². The molecule has 1 fully saturated rings. The summed E-state index contributed by atoms with van der Waals surface area (Å²) in [6, 6.07) is 11.0. The average molecular weight is 492 g/mol. The molecule has 33 heavy (non-hydrogen) atoms. The van der Waals surface area contributed by atoms with Crippen LogP contribution in [0, 0.1) is 6.92 Å². The molecule has 1 aliphatic rings. The van der Waals surface area contributed by atoms with Crippen LogP contribution < -0.4 is 9.64 Å². The second-order valence-electron chi connectivity index (χ2n) is 7.64. The number of anilines is 1. The van der Waals surface area contributed by atoms with Crippen molar-refractivity contribution in [2.75, 3.05) is 44.4 Å². The van der Waals surface area contributed by atoms with Crippen molar-refractivity contribution in [1.29, 1.82) is 0 Å². The lowest BCUT2D eigenvalue weighted by Gasteiger charge is -2.36. The van der Waals surface area contributed by atoms with Gasteiger partial charge in [0.25, 0.3) is 0 Å². The van der Waals surface area contributed by atoms with Crippen molar-refractivity contribution in [2.24, 2.45) is 0 Å². The van der Waals surface area contributed by atoms with Crippen LogP contribution in [0.2, 0.25) is 10.0 Å². The topological polar surface area (TPSA) is 63.5 Å². The van der Waals surface area contributed by atoms with Gasteiger partial charge >= 0.3 is 0 Å². The van der Waals surface area contributed by atoms with Crippen molar-refractivity contribution >= 4 is 34.8 Å². The van der Waals surface area contributed by atoms with Gasteiger partial charge in [-0.1, -0.05) is 29.3 Å². The molecule has 3 heterocycles. The summed E-state index contributed by atoms with van der Waals surface area (Å²) < 4.78 is 19.5. The molecule has 7 nitrogen and oxygen atoms in total. The highest BCUT2D eigenvalue weighted by molar-refractivity contribution is 6.33. The van der Waals surface area contributed by atoms with E-state index in [0.29, 0.717) is 53.4 Å². The molecule has 1 aliphatic heterocycles. The summed E-state index contributed by atoms with van der Waals surface area (Å²) >= 11 is 12.6. The number of halogens is 3. The maximum Gasteiger partial charge on any atom is 0.244 e. The molecule has 0 spiro atoms. The zero-order chi connectivity index (χ0) is 23.4. The lowest BCUT2D eigenvalue weighted by molar-refractivity contribution is -0.132. The van der Waals surface area contributed by atoms with Gasteiger partial charge in [0.1, 0.15) is 31.3 Å². The molecule has 0 radical (unpaired) electrons. The minimum Gasteiger partial charge on any atom is -0.489 e. The van der Waals surface area contributed by atoms with E-state index in [1.807, 2.05) is 42.2 Å². The van der Waals surface area contributed by atoms with Gasteiger partial charge < -0.3 is 14.5 Å². The number of carbonyl (C=O) groups excluding carboxylic acids is 1. The second-order valence-corrected chi connectivity index (χ2v) is 8.43. The Morgan fingerprint density at radius 1 is 1.15 bits per heavy atom. The average Bonchev–Trinajstić information content (AvgIpc) is 3.12. The minimum absolute atomic E-state index is 0.0208. The van der Waals surface area contributed by atoms with Crippen molar-refractivity contribution in [3.8, 4) is 17.1 Å². The molecular formula is C23H24Cl2FN5O2. The first kappa shape index (κ1) is 23.3. The summed E-state index contributed by atoms with van der Waals surface area (Å²) in [5.74, 6) is 0.438. The Morgan fingerprint density at radius 3 is 2.64 bits per heavy atom. The first-order valence-corrected chi connectivity index (χ1v) is 11.4. The van der Waals surface area contributed by atoms with E-state index in [1.165, 1.54) is 0 Å². The van der Waals surface area contributed by atoms with E-state index in [1.54, 1.807) is 16.9 Å². The molecule has 1 amide bonds. The van der Waals surface area contributed by atoms with E-state index < -0.39 is 6.67 Å². The molecule has 0 unspecified atom stereocenters. The highest BCUT2D eigenvalue weighted by Gasteiger charge is 2.24. The van der Waals surface area contributed by atoms with Crippen molar-refractivity contribution in [3.05, 3.63) is 58.3 Å². The number of piperazine rings is 1. The number of pyridine rings is 1. The van der Waals surface area contributed by atoms with Crippen LogP contribution in [0.4, 0.5) is 10.1 Å². The molecule has 0 saturated carbocycles. The van der Waals surface area contributed by atoms with Gasteiger partial charge in [-0.15, -0.1) is 0 Å². The number of ether oxygens (including phenoxy) is 1. The maximum atomic E-state index is 13.0. The summed E-state index contributed by atoms with van der Waals surface area (Å²) in [5, 5.41) is 5.47. The molecular weight excluding hydrogens is 468 g/mol. The van der Waals surface area contributed by atoms with Gasteiger partial charge in [-0.05, 0) is 31.2 Å². The summed E-state index contributed by atoms with van der Waals surface area (Å²) in [7, 11) is 0. The zero-order valence-corrected chi connectivity index (χ0v) is 19.7. The molecule has 4 rings (SSSR count). The quantitative estimate of drug-likeness (QED) is 0.494. The van der Waals surface area contributed by atoms with Crippen molar-refractivity contribution in [2.45, 2.75) is 13.5 Å². The van der Waals surface area contributed by atoms with Crippen LogP contribution in [0.5, 0.6) is 5.75 Å². The van der Waals surface area contributed by atoms with Crippen molar-refractivity contribution in [3.63, 3.8) is 0 Å². The fraction of sp³-hybridized carbons (Fsp3) is 0.348. The van der Waals surface area contributed by atoms with Gasteiger partial charge in [-0.2, -0.15) is 5.10 Å². The largest absolute Gasteiger partial charge is 0.489 e. The third-order valence-electron chi connectivity index (χ3n) is 5.57. The third-order valence-corrected chi connectivity index (χ3v) is 6.34. The van der Waals surface area contributed by atoms with Crippen LogP contribution in [-0.4, -0.2) is 65.0 Å². The van der Waals surface area contributed by atoms with Crippen LogP contribution >= 0.6 is 23.2 Å². The van der Waals surface area contributed by atoms with Gasteiger partial charge in [0, 0.05) is 44.1 Å². The number of hydrogen-bond acceptors (Lipinski definition) is 5. The smallest absolute Gasteiger partial charge is 0.244 e. The number of hydrogen-bond donors (Lipinski definition) is 0. The number of amides is 1.